The summed E-state index contributed by atoms with van der Waals surface area (Å²) in [4.78, 5) is 0. The molecule has 1 aromatic rings. The summed E-state index contributed by atoms with van der Waals surface area (Å²) in [5.74, 6) is 0.438. The highest BCUT2D eigenvalue weighted by molar-refractivity contribution is 5.30. The molecule has 0 fully saturated rings. The molecule has 2 nitrogen and oxygen atoms in total. The van der Waals surface area contributed by atoms with Crippen LogP contribution in [0.1, 0.15) is 45.2 Å². The van der Waals surface area contributed by atoms with Crippen LogP contribution in [0, 0.1) is 11.7 Å². The highest BCUT2D eigenvalue weighted by Gasteiger charge is 2.08. The highest BCUT2D eigenvalue weighted by atomic mass is 19.1. The van der Waals surface area contributed by atoms with Crippen molar-refractivity contribution in [2.75, 3.05) is 6.61 Å². The summed E-state index contributed by atoms with van der Waals surface area (Å²) in [6, 6.07) is 4.77. The molecule has 3 heteroatoms. The van der Waals surface area contributed by atoms with Gasteiger partial charge < -0.3 is 10.5 Å². The van der Waals surface area contributed by atoms with Crippen LogP contribution >= 0.6 is 0 Å². The van der Waals surface area contributed by atoms with Crippen molar-refractivity contribution in [1.29, 1.82) is 0 Å². The zero-order valence-corrected chi connectivity index (χ0v) is 10.9. The van der Waals surface area contributed by atoms with Crippen LogP contribution in [0.5, 0.6) is 5.75 Å². The molecule has 0 bridgehead atoms. The summed E-state index contributed by atoms with van der Waals surface area (Å²) in [5, 5.41) is 0. The minimum absolute atomic E-state index is 0.155. The Morgan fingerprint density at radius 2 is 2.06 bits per heavy atom. The van der Waals surface area contributed by atoms with Crippen molar-refractivity contribution in [3.63, 3.8) is 0 Å². The number of nitrogens with two attached hydrogens (primary N) is 1. The molecule has 96 valence electrons. The summed E-state index contributed by atoms with van der Waals surface area (Å²) in [5.41, 5.74) is 6.48. The number of benzene rings is 1. The third-order valence-electron chi connectivity index (χ3n) is 2.79. The van der Waals surface area contributed by atoms with Crippen LogP contribution in [0.25, 0.3) is 0 Å². The van der Waals surface area contributed by atoms with Gasteiger partial charge in [-0.1, -0.05) is 26.3 Å². The first-order chi connectivity index (χ1) is 8.04. The first-order valence-corrected chi connectivity index (χ1v) is 6.22. The fraction of sp³-hybridized carbons (Fsp3) is 0.571. The van der Waals surface area contributed by atoms with Crippen LogP contribution in [0.2, 0.25) is 0 Å². The van der Waals surface area contributed by atoms with Gasteiger partial charge in [-0.2, -0.15) is 0 Å². The van der Waals surface area contributed by atoms with Crippen molar-refractivity contribution in [2.24, 2.45) is 11.7 Å². The normalized spacial score (nSPS) is 14.4. The predicted octanol–water partition coefficient (Wildman–Crippen LogP) is 3.66. The summed E-state index contributed by atoms with van der Waals surface area (Å²) >= 11 is 0. The van der Waals surface area contributed by atoms with Gasteiger partial charge in [0.25, 0.3) is 0 Å². The number of rotatable bonds is 6. The lowest BCUT2D eigenvalue weighted by atomic mass is 10.1. The largest absolute Gasteiger partial charge is 0.490 e. The molecule has 0 radical (unpaired) electrons. The number of hydrogen-bond acceptors (Lipinski definition) is 2. The smallest absolute Gasteiger partial charge is 0.165 e. The molecule has 17 heavy (non-hydrogen) atoms. The number of ether oxygens (including phenoxy) is 1. The number of hydrogen-bond donors (Lipinski definition) is 1. The van der Waals surface area contributed by atoms with Crippen LogP contribution in [0.15, 0.2) is 18.2 Å². The Morgan fingerprint density at radius 3 is 2.59 bits per heavy atom. The minimum atomic E-state index is -0.330. The molecule has 2 N–H and O–H groups in total. The van der Waals surface area contributed by atoms with Crippen molar-refractivity contribution < 1.29 is 9.13 Å². The minimum Gasteiger partial charge on any atom is -0.490 e. The Kier molecular flexibility index (Phi) is 5.42. The van der Waals surface area contributed by atoms with Gasteiger partial charge in [0, 0.05) is 6.04 Å². The zero-order valence-electron chi connectivity index (χ0n) is 10.9. The molecule has 0 heterocycles. The van der Waals surface area contributed by atoms with E-state index in [2.05, 4.69) is 13.8 Å². The van der Waals surface area contributed by atoms with Gasteiger partial charge in [0.2, 0.25) is 0 Å². The van der Waals surface area contributed by atoms with E-state index in [-0.39, 0.29) is 11.9 Å². The van der Waals surface area contributed by atoms with Gasteiger partial charge >= 0.3 is 0 Å². The Balaban J connectivity index is 2.60. The van der Waals surface area contributed by atoms with E-state index < -0.39 is 0 Å². The first kappa shape index (κ1) is 14.0. The Morgan fingerprint density at radius 1 is 1.35 bits per heavy atom. The number of halogens is 1. The van der Waals surface area contributed by atoms with Gasteiger partial charge in [0.1, 0.15) is 0 Å². The maximum absolute atomic E-state index is 13.7. The molecule has 2 atom stereocenters. The predicted molar refractivity (Wildman–Crippen MR) is 68.6 cm³/mol. The monoisotopic (exact) mass is 239 g/mol. The van der Waals surface area contributed by atoms with Crippen LogP contribution < -0.4 is 10.5 Å². The van der Waals surface area contributed by atoms with Crippen LogP contribution in [0.3, 0.4) is 0 Å². The second-order valence-electron chi connectivity index (χ2n) is 4.68. The molecule has 0 aliphatic heterocycles. The quantitative estimate of drug-likeness (QED) is 0.822. The van der Waals surface area contributed by atoms with E-state index in [1.807, 2.05) is 13.0 Å². The third-order valence-corrected chi connectivity index (χ3v) is 2.79. The summed E-state index contributed by atoms with van der Waals surface area (Å²) in [6.07, 6.45) is 2.22. The Hall–Kier alpha value is -1.09. The Bertz CT molecular complexity index is 352. The molecular weight excluding hydrogens is 217 g/mol. The van der Waals surface area contributed by atoms with E-state index in [4.69, 9.17) is 10.5 Å². The molecule has 1 unspecified atom stereocenters. The fourth-order valence-electron chi connectivity index (χ4n) is 1.73. The zero-order chi connectivity index (χ0) is 12.8. The van der Waals surface area contributed by atoms with E-state index in [9.17, 15) is 4.39 Å². The highest BCUT2D eigenvalue weighted by Crippen LogP contribution is 2.22. The van der Waals surface area contributed by atoms with Crippen molar-refractivity contribution in [3.8, 4) is 5.75 Å². The van der Waals surface area contributed by atoms with Crippen molar-refractivity contribution in [2.45, 2.75) is 39.7 Å². The molecule has 0 saturated heterocycles. The Labute approximate surface area is 103 Å². The SMILES string of the molecule is CCCC(C)COc1ccc([C@@H](C)N)cc1F. The van der Waals surface area contributed by atoms with Gasteiger partial charge in [-0.15, -0.1) is 0 Å². The maximum Gasteiger partial charge on any atom is 0.165 e. The third kappa shape index (κ3) is 4.35. The molecule has 1 rings (SSSR count). The lowest BCUT2D eigenvalue weighted by molar-refractivity contribution is 0.241. The maximum atomic E-state index is 13.7. The summed E-state index contributed by atoms with van der Waals surface area (Å²) in [7, 11) is 0. The molecule has 0 amide bonds. The van der Waals surface area contributed by atoms with Crippen molar-refractivity contribution >= 4 is 0 Å². The van der Waals surface area contributed by atoms with Gasteiger partial charge in [-0.05, 0) is 37.0 Å². The average molecular weight is 239 g/mol. The average Bonchev–Trinajstić information content (AvgIpc) is 2.27. The molecule has 0 aliphatic rings. The van der Waals surface area contributed by atoms with Crippen molar-refractivity contribution in [3.05, 3.63) is 29.6 Å². The summed E-state index contributed by atoms with van der Waals surface area (Å²) < 4.78 is 19.1. The second kappa shape index (κ2) is 6.60. The molecule has 0 aromatic heterocycles. The van der Waals surface area contributed by atoms with Gasteiger partial charge in [0.05, 0.1) is 6.61 Å². The standard InChI is InChI=1S/C14H22FNO/c1-4-5-10(2)9-17-14-7-6-12(11(3)16)8-13(14)15/h6-8,10-11H,4-5,9,16H2,1-3H3/t10?,11-/m1/s1. The van der Waals surface area contributed by atoms with Crippen LogP contribution in [-0.4, -0.2) is 6.61 Å². The van der Waals surface area contributed by atoms with E-state index in [1.54, 1.807) is 6.07 Å². The summed E-state index contributed by atoms with van der Waals surface area (Å²) in [6.45, 7) is 6.63. The van der Waals surface area contributed by atoms with E-state index in [1.165, 1.54) is 6.07 Å². The van der Waals surface area contributed by atoms with Gasteiger partial charge in [-0.3, -0.25) is 0 Å². The van der Waals surface area contributed by atoms with Crippen LogP contribution in [-0.2, 0) is 0 Å². The van der Waals surface area contributed by atoms with E-state index in [0.29, 0.717) is 18.3 Å². The van der Waals surface area contributed by atoms with E-state index in [0.717, 1.165) is 18.4 Å². The van der Waals surface area contributed by atoms with Crippen LogP contribution in [0.4, 0.5) is 4.39 Å². The second-order valence-corrected chi connectivity index (χ2v) is 4.68. The molecule has 0 aliphatic carbocycles. The van der Waals surface area contributed by atoms with Gasteiger partial charge in [-0.25, -0.2) is 4.39 Å². The molecule has 1 aromatic carbocycles. The fourth-order valence-corrected chi connectivity index (χ4v) is 1.73. The topological polar surface area (TPSA) is 35.2 Å². The molecular formula is C14H22FNO. The lowest BCUT2D eigenvalue weighted by Crippen LogP contribution is -2.10. The first-order valence-electron chi connectivity index (χ1n) is 6.22. The lowest BCUT2D eigenvalue weighted by Gasteiger charge is -2.13. The van der Waals surface area contributed by atoms with Gasteiger partial charge in [0.15, 0.2) is 11.6 Å². The van der Waals surface area contributed by atoms with Crippen molar-refractivity contribution in [1.82, 2.24) is 0 Å². The molecule has 0 saturated carbocycles. The van der Waals surface area contributed by atoms with E-state index >= 15 is 0 Å². The molecule has 0 spiro atoms.